The van der Waals surface area contributed by atoms with Crippen LogP contribution in [0.5, 0.6) is 0 Å². The van der Waals surface area contributed by atoms with E-state index in [1.54, 1.807) is 20.8 Å². The van der Waals surface area contributed by atoms with E-state index >= 15 is 0 Å². The minimum atomic E-state index is -0.956. The van der Waals surface area contributed by atoms with Crippen LogP contribution in [0.2, 0.25) is 5.15 Å². The molecule has 0 saturated carbocycles. The SMILES string of the molecule is Cc1nc(Cl)c(C)c(C)c1C(=O)O. The fraction of sp³-hybridized carbons (Fsp3) is 0.333. The van der Waals surface area contributed by atoms with E-state index in [0.717, 1.165) is 5.56 Å². The number of aromatic carboxylic acids is 1. The van der Waals surface area contributed by atoms with Gasteiger partial charge < -0.3 is 5.11 Å². The van der Waals surface area contributed by atoms with E-state index in [1.165, 1.54) is 0 Å². The van der Waals surface area contributed by atoms with Gasteiger partial charge in [0.15, 0.2) is 0 Å². The molecule has 0 atom stereocenters. The van der Waals surface area contributed by atoms with Gasteiger partial charge in [0, 0.05) is 0 Å². The average molecular weight is 200 g/mol. The van der Waals surface area contributed by atoms with Crippen LogP contribution < -0.4 is 0 Å². The second-order valence-corrected chi connectivity index (χ2v) is 3.28. The van der Waals surface area contributed by atoms with E-state index in [1.807, 2.05) is 0 Å². The summed E-state index contributed by atoms with van der Waals surface area (Å²) in [4.78, 5) is 14.8. The molecule has 70 valence electrons. The summed E-state index contributed by atoms with van der Waals surface area (Å²) < 4.78 is 0. The van der Waals surface area contributed by atoms with Gasteiger partial charge in [0.1, 0.15) is 5.15 Å². The van der Waals surface area contributed by atoms with Crippen molar-refractivity contribution in [3.63, 3.8) is 0 Å². The van der Waals surface area contributed by atoms with Crippen molar-refractivity contribution in [2.24, 2.45) is 0 Å². The molecule has 1 N–H and O–H groups in total. The highest BCUT2D eigenvalue weighted by atomic mass is 35.5. The van der Waals surface area contributed by atoms with Gasteiger partial charge in [-0.25, -0.2) is 9.78 Å². The monoisotopic (exact) mass is 199 g/mol. The molecule has 0 radical (unpaired) electrons. The topological polar surface area (TPSA) is 50.2 Å². The highest BCUT2D eigenvalue weighted by molar-refractivity contribution is 6.30. The molecule has 1 rings (SSSR count). The Morgan fingerprint density at radius 2 is 1.85 bits per heavy atom. The minimum absolute atomic E-state index is 0.252. The summed E-state index contributed by atoms with van der Waals surface area (Å²) >= 11 is 5.79. The lowest BCUT2D eigenvalue weighted by Crippen LogP contribution is -2.07. The Morgan fingerprint density at radius 1 is 1.31 bits per heavy atom. The predicted molar refractivity (Wildman–Crippen MR) is 50.4 cm³/mol. The van der Waals surface area contributed by atoms with Crippen LogP contribution in [-0.4, -0.2) is 16.1 Å². The van der Waals surface area contributed by atoms with E-state index < -0.39 is 5.97 Å². The first-order chi connectivity index (χ1) is 5.95. The summed E-state index contributed by atoms with van der Waals surface area (Å²) in [5.74, 6) is -0.956. The van der Waals surface area contributed by atoms with E-state index in [4.69, 9.17) is 16.7 Å². The molecule has 1 aromatic rings. The summed E-state index contributed by atoms with van der Waals surface area (Å²) in [6.45, 7) is 5.14. The third-order valence-electron chi connectivity index (χ3n) is 2.09. The molecule has 0 unspecified atom stereocenters. The lowest BCUT2D eigenvalue weighted by Gasteiger charge is -2.08. The molecular weight excluding hydrogens is 190 g/mol. The lowest BCUT2D eigenvalue weighted by atomic mass is 10.0. The number of halogens is 1. The van der Waals surface area contributed by atoms with Crippen LogP contribution in [0.3, 0.4) is 0 Å². The summed E-state index contributed by atoms with van der Waals surface area (Å²) in [6.07, 6.45) is 0. The van der Waals surface area contributed by atoms with E-state index in [-0.39, 0.29) is 5.56 Å². The highest BCUT2D eigenvalue weighted by Crippen LogP contribution is 2.22. The number of hydrogen-bond donors (Lipinski definition) is 1. The molecule has 0 amide bonds. The molecule has 1 aromatic heterocycles. The second kappa shape index (κ2) is 3.34. The number of pyridine rings is 1. The number of aryl methyl sites for hydroxylation is 1. The molecule has 0 aliphatic carbocycles. The van der Waals surface area contributed by atoms with Crippen LogP contribution in [0.15, 0.2) is 0 Å². The van der Waals surface area contributed by atoms with Crippen molar-refractivity contribution in [2.75, 3.05) is 0 Å². The molecule has 0 spiro atoms. The van der Waals surface area contributed by atoms with Gasteiger partial charge in [-0.3, -0.25) is 0 Å². The zero-order valence-corrected chi connectivity index (χ0v) is 8.44. The van der Waals surface area contributed by atoms with E-state index in [9.17, 15) is 4.79 Å². The van der Waals surface area contributed by atoms with Crippen molar-refractivity contribution < 1.29 is 9.90 Å². The van der Waals surface area contributed by atoms with Gasteiger partial charge >= 0.3 is 5.97 Å². The van der Waals surface area contributed by atoms with Gasteiger partial charge in [-0.15, -0.1) is 0 Å². The molecule has 0 fully saturated rings. The van der Waals surface area contributed by atoms with Crippen molar-refractivity contribution in [3.05, 3.63) is 27.5 Å². The number of carboxylic acid groups (broad SMARTS) is 1. The Kier molecular flexibility index (Phi) is 2.57. The van der Waals surface area contributed by atoms with Crippen molar-refractivity contribution >= 4 is 17.6 Å². The van der Waals surface area contributed by atoms with Crippen LogP contribution in [0.25, 0.3) is 0 Å². The van der Waals surface area contributed by atoms with Gasteiger partial charge in [-0.1, -0.05) is 11.6 Å². The zero-order chi connectivity index (χ0) is 10.2. The van der Waals surface area contributed by atoms with Crippen LogP contribution in [0.4, 0.5) is 0 Å². The molecule has 1 heterocycles. The first-order valence-corrected chi connectivity index (χ1v) is 4.19. The molecule has 13 heavy (non-hydrogen) atoms. The number of carbonyl (C=O) groups is 1. The standard InChI is InChI=1S/C9H10ClNO2/c1-4-5(2)8(10)11-6(3)7(4)9(12)13/h1-3H3,(H,12,13). The first-order valence-electron chi connectivity index (χ1n) is 3.81. The lowest BCUT2D eigenvalue weighted by molar-refractivity contribution is 0.0694. The second-order valence-electron chi connectivity index (χ2n) is 2.92. The van der Waals surface area contributed by atoms with Crippen molar-refractivity contribution in [2.45, 2.75) is 20.8 Å². The molecule has 0 bridgehead atoms. The third-order valence-corrected chi connectivity index (χ3v) is 2.46. The van der Waals surface area contributed by atoms with Gasteiger partial charge in [-0.05, 0) is 31.9 Å². The van der Waals surface area contributed by atoms with Crippen LogP contribution in [0, 0.1) is 20.8 Å². The summed E-state index contributed by atoms with van der Waals surface area (Å²) in [6, 6.07) is 0. The number of hydrogen-bond acceptors (Lipinski definition) is 2. The Hall–Kier alpha value is -1.09. The number of aromatic nitrogens is 1. The van der Waals surface area contributed by atoms with Crippen molar-refractivity contribution in [1.29, 1.82) is 0 Å². The van der Waals surface area contributed by atoms with E-state index in [0.29, 0.717) is 16.4 Å². The maximum absolute atomic E-state index is 10.8. The largest absolute Gasteiger partial charge is 0.478 e. The van der Waals surface area contributed by atoms with Crippen molar-refractivity contribution in [1.82, 2.24) is 4.98 Å². The maximum atomic E-state index is 10.8. The van der Waals surface area contributed by atoms with Gasteiger partial charge in [0.2, 0.25) is 0 Å². The Bertz CT molecular complexity index is 374. The number of rotatable bonds is 1. The summed E-state index contributed by atoms with van der Waals surface area (Å²) in [7, 11) is 0. The Balaban J connectivity index is 3.53. The predicted octanol–water partition coefficient (Wildman–Crippen LogP) is 2.36. The third kappa shape index (κ3) is 1.65. The van der Waals surface area contributed by atoms with Gasteiger partial charge in [0.25, 0.3) is 0 Å². The van der Waals surface area contributed by atoms with Gasteiger partial charge in [0.05, 0.1) is 11.3 Å². The molecule has 0 aromatic carbocycles. The molecule has 0 aliphatic heterocycles. The number of carboxylic acids is 1. The van der Waals surface area contributed by atoms with Crippen LogP contribution >= 0.6 is 11.6 Å². The quantitative estimate of drug-likeness (QED) is 0.707. The Labute approximate surface area is 81.4 Å². The zero-order valence-electron chi connectivity index (χ0n) is 7.68. The highest BCUT2D eigenvalue weighted by Gasteiger charge is 2.15. The minimum Gasteiger partial charge on any atom is -0.478 e. The average Bonchev–Trinajstić information content (AvgIpc) is 1.99. The fourth-order valence-corrected chi connectivity index (χ4v) is 1.48. The summed E-state index contributed by atoms with van der Waals surface area (Å²) in [5, 5.41) is 9.25. The molecular formula is C9H10ClNO2. The van der Waals surface area contributed by atoms with E-state index in [2.05, 4.69) is 4.98 Å². The fourth-order valence-electron chi connectivity index (χ4n) is 1.22. The van der Waals surface area contributed by atoms with Crippen LogP contribution in [-0.2, 0) is 0 Å². The van der Waals surface area contributed by atoms with Crippen LogP contribution in [0.1, 0.15) is 27.2 Å². The molecule has 0 aliphatic rings. The van der Waals surface area contributed by atoms with Gasteiger partial charge in [-0.2, -0.15) is 0 Å². The summed E-state index contributed by atoms with van der Waals surface area (Å²) in [5.41, 5.74) is 2.12. The Morgan fingerprint density at radius 3 is 2.31 bits per heavy atom. The maximum Gasteiger partial charge on any atom is 0.337 e. The first kappa shape index (κ1) is 9.99. The number of nitrogens with zero attached hydrogens (tertiary/aromatic N) is 1. The molecule has 3 nitrogen and oxygen atoms in total. The smallest absolute Gasteiger partial charge is 0.337 e. The normalized spacial score (nSPS) is 10.2. The molecule has 4 heteroatoms. The van der Waals surface area contributed by atoms with Crippen molar-refractivity contribution in [3.8, 4) is 0 Å². The molecule has 0 saturated heterocycles.